The highest BCUT2D eigenvalue weighted by Crippen LogP contribution is 2.28. The first-order valence-corrected chi connectivity index (χ1v) is 10.0. The minimum absolute atomic E-state index is 0.0157. The van der Waals surface area contributed by atoms with Gasteiger partial charge >= 0.3 is 0 Å². The fourth-order valence-electron chi connectivity index (χ4n) is 3.57. The summed E-state index contributed by atoms with van der Waals surface area (Å²) in [5.41, 5.74) is 0.449. The Hall–Kier alpha value is -3.00. The summed E-state index contributed by atoms with van der Waals surface area (Å²) in [6.45, 7) is 0.377. The van der Waals surface area contributed by atoms with Gasteiger partial charge in [-0.2, -0.15) is 0 Å². The number of hydrogen-bond donors (Lipinski definition) is 2. The van der Waals surface area contributed by atoms with E-state index in [9.17, 15) is 14.4 Å². The molecule has 0 aromatic carbocycles. The molecule has 144 valence electrons. The molecule has 1 unspecified atom stereocenters. The standard InChI is InChI=1S/C20H20N4O3S/c25-17-8-7-14(18(23-17)16-6-3-11-28-16)22-19(26)15-5-2-10-24(15)20(27)13-4-1-9-21-12-13/h1-6,9,11-12,14-15,18H,7-8,10H2,(H,22,26)(H,23,25)/t14-,15?,18-/m1/s1. The van der Waals surface area contributed by atoms with Crippen LogP contribution in [0.3, 0.4) is 0 Å². The lowest BCUT2D eigenvalue weighted by molar-refractivity contribution is -0.128. The minimum atomic E-state index is -0.672. The molecule has 3 amide bonds. The molecule has 4 rings (SSSR count). The lowest BCUT2D eigenvalue weighted by Gasteiger charge is -2.34. The quantitative estimate of drug-likeness (QED) is 0.769. The van der Waals surface area contributed by atoms with Gasteiger partial charge in [-0.05, 0) is 30.0 Å². The molecule has 0 spiro atoms. The molecule has 2 aliphatic heterocycles. The molecule has 0 saturated carbocycles. The Labute approximate surface area is 166 Å². The van der Waals surface area contributed by atoms with Crippen molar-refractivity contribution in [1.29, 1.82) is 0 Å². The normalized spacial score (nSPS) is 24.1. The number of hydrogen-bond acceptors (Lipinski definition) is 5. The molecule has 2 aromatic rings. The fraction of sp³-hybridized carbons (Fsp3) is 0.300. The maximum absolute atomic E-state index is 13.0. The molecule has 28 heavy (non-hydrogen) atoms. The molecule has 0 bridgehead atoms. The van der Waals surface area contributed by atoms with Gasteiger partial charge in [0, 0.05) is 30.2 Å². The Kier molecular flexibility index (Phi) is 5.21. The minimum Gasteiger partial charge on any atom is -0.349 e. The van der Waals surface area contributed by atoms with E-state index in [-0.39, 0.29) is 29.8 Å². The van der Waals surface area contributed by atoms with Crippen LogP contribution in [0.4, 0.5) is 0 Å². The third kappa shape index (κ3) is 3.68. The van der Waals surface area contributed by atoms with Crippen molar-refractivity contribution in [3.8, 4) is 0 Å². The molecule has 0 radical (unpaired) electrons. The summed E-state index contributed by atoms with van der Waals surface area (Å²) in [5.74, 6) is -0.489. The third-order valence-corrected chi connectivity index (χ3v) is 5.93. The summed E-state index contributed by atoms with van der Waals surface area (Å²) < 4.78 is 0. The Morgan fingerprint density at radius 2 is 2.18 bits per heavy atom. The Balaban J connectivity index is 1.48. The van der Waals surface area contributed by atoms with Gasteiger partial charge in [-0.1, -0.05) is 18.2 Å². The number of carbonyl (C=O) groups excluding carboxylic acids is 3. The molecule has 3 atom stereocenters. The fourth-order valence-corrected chi connectivity index (χ4v) is 4.42. The predicted molar refractivity (Wildman–Crippen MR) is 105 cm³/mol. The van der Waals surface area contributed by atoms with E-state index in [4.69, 9.17) is 0 Å². The van der Waals surface area contributed by atoms with Gasteiger partial charge in [-0.15, -0.1) is 11.3 Å². The topological polar surface area (TPSA) is 91.4 Å². The maximum atomic E-state index is 13.0. The number of amides is 3. The van der Waals surface area contributed by atoms with E-state index in [2.05, 4.69) is 15.6 Å². The highest BCUT2D eigenvalue weighted by Gasteiger charge is 2.36. The number of nitrogens with one attached hydrogen (secondary N) is 2. The maximum Gasteiger partial charge on any atom is 0.256 e. The second kappa shape index (κ2) is 7.93. The van der Waals surface area contributed by atoms with Crippen LogP contribution in [-0.2, 0) is 9.59 Å². The van der Waals surface area contributed by atoms with Crippen molar-refractivity contribution in [2.45, 2.75) is 31.0 Å². The molecule has 1 saturated heterocycles. The SMILES string of the molecule is O=C1CC[C@@H](NC(=O)C2C=CCN2C(=O)c2cccnc2)[C@H](c2cccs2)N1. The zero-order valence-electron chi connectivity index (χ0n) is 15.1. The van der Waals surface area contributed by atoms with Gasteiger partial charge < -0.3 is 15.5 Å². The van der Waals surface area contributed by atoms with E-state index >= 15 is 0 Å². The number of rotatable bonds is 4. The molecule has 0 aliphatic carbocycles. The molecule has 2 aromatic heterocycles. The van der Waals surface area contributed by atoms with Crippen LogP contribution in [0.5, 0.6) is 0 Å². The Morgan fingerprint density at radius 3 is 2.93 bits per heavy atom. The van der Waals surface area contributed by atoms with Crippen molar-refractivity contribution in [2.24, 2.45) is 0 Å². The van der Waals surface area contributed by atoms with Crippen molar-refractivity contribution in [2.75, 3.05) is 6.54 Å². The second-order valence-corrected chi connectivity index (χ2v) is 7.77. The van der Waals surface area contributed by atoms with E-state index in [1.807, 2.05) is 23.6 Å². The molecular formula is C20H20N4O3S. The first-order chi connectivity index (χ1) is 13.6. The number of thiophene rings is 1. The molecule has 4 heterocycles. The third-order valence-electron chi connectivity index (χ3n) is 4.97. The van der Waals surface area contributed by atoms with Crippen LogP contribution in [-0.4, -0.2) is 46.2 Å². The highest BCUT2D eigenvalue weighted by molar-refractivity contribution is 7.10. The number of piperidine rings is 1. The van der Waals surface area contributed by atoms with E-state index in [1.165, 1.54) is 11.1 Å². The summed E-state index contributed by atoms with van der Waals surface area (Å²) in [4.78, 5) is 44.1. The molecule has 8 heteroatoms. The average Bonchev–Trinajstić information content (AvgIpc) is 3.41. The number of aromatic nitrogens is 1. The monoisotopic (exact) mass is 396 g/mol. The zero-order chi connectivity index (χ0) is 19.5. The molecule has 2 N–H and O–H groups in total. The highest BCUT2D eigenvalue weighted by atomic mass is 32.1. The smallest absolute Gasteiger partial charge is 0.256 e. The van der Waals surface area contributed by atoms with Gasteiger partial charge in [-0.3, -0.25) is 19.4 Å². The van der Waals surface area contributed by atoms with Crippen LogP contribution in [0.1, 0.15) is 34.1 Å². The first-order valence-electron chi connectivity index (χ1n) is 9.14. The van der Waals surface area contributed by atoms with Gasteiger partial charge in [0.25, 0.3) is 5.91 Å². The van der Waals surface area contributed by atoms with Crippen molar-refractivity contribution in [1.82, 2.24) is 20.5 Å². The Bertz CT molecular complexity index is 897. The summed E-state index contributed by atoms with van der Waals surface area (Å²) >= 11 is 1.55. The van der Waals surface area contributed by atoms with Crippen molar-refractivity contribution in [3.63, 3.8) is 0 Å². The molecule has 1 fully saturated rings. The van der Waals surface area contributed by atoms with Crippen molar-refractivity contribution >= 4 is 29.1 Å². The summed E-state index contributed by atoms with van der Waals surface area (Å²) in [7, 11) is 0. The Morgan fingerprint density at radius 1 is 1.29 bits per heavy atom. The van der Waals surface area contributed by atoms with Crippen molar-refractivity contribution in [3.05, 3.63) is 64.6 Å². The summed E-state index contributed by atoms with van der Waals surface area (Å²) in [6, 6.07) is 6.12. The van der Waals surface area contributed by atoms with E-state index < -0.39 is 6.04 Å². The van der Waals surface area contributed by atoms with Gasteiger partial charge in [0.1, 0.15) is 6.04 Å². The summed E-state index contributed by atoms with van der Waals surface area (Å²) in [6.07, 6.45) is 7.59. The van der Waals surface area contributed by atoms with E-state index in [1.54, 1.807) is 35.7 Å². The van der Waals surface area contributed by atoms with Crippen molar-refractivity contribution < 1.29 is 14.4 Å². The zero-order valence-corrected chi connectivity index (χ0v) is 15.9. The lowest BCUT2D eigenvalue weighted by Crippen LogP contribution is -2.54. The largest absolute Gasteiger partial charge is 0.349 e. The van der Waals surface area contributed by atoms with Crippen LogP contribution in [0.2, 0.25) is 0 Å². The van der Waals surface area contributed by atoms with Crippen LogP contribution >= 0.6 is 11.3 Å². The van der Waals surface area contributed by atoms with E-state index in [0.29, 0.717) is 24.9 Å². The van der Waals surface area contributed by atoms with Gasteiger partial charge in [-0.25, -0.2) is 0 Å². The second-order valence-electron chi connectivity index (χ2n) is 6.79. The first kappa shape index (κ1) is 18.4. The summed E-state index contributed by atoms with van der Waals surface area (Å²) in [5, 5.41) is 7.97. The number of pyridine rings is 1. The lowest BCUT2D eigenvalue weighted by atomic mass is 9.96. The number of nitrogens with zero attached hydrogens (tertiary/aromatic N) is 2. The van der Waals surface area contributed by atoms with Crippen LogP contribution < -0.4 is 10.6 Å². The van der Waals surface area contributed by atoms with Gasteiger partial charge in [0.2, 0.25) is 11.8 Å². The average molecular weight is 396 g/mol. The molecule has 7 nitrogen and oxygen atoms in total. The molecule has 2 aliphatic rings. The van der Waals surface area contributed by atoms with Crippen LogP contribution in [0, 0.1) is 0 Å². The van der Waals surface area contributed by atoms with E-state index in [0.717, 1.165) is 4.88 Å². The number of carbonyl (C=O) groups is 3. The predicted octanol–water partition coefficient (Wildman–Crippen LogP) is 1.66. The van der Waals surface area contributed by atoms with Crippen LogP contribution in [0.25, 0.3) is 0 Å². The van der Waals surface area contributed by atoms with Gasteiger partial charge in [0.15, 0.2) is 0 Å². The van der Waals surface area contributed by atoms with Crippen LogP contribution in [0.15, 0.2) is 54.2 Å². The molecular weight excluding hydrogens is 376 g/mol. The van der Waals surface area contributed by atoms with Gasteiger partial charge in [0.05, 0.1) is 17.6 Å².